The Kier molecular flexibility index (Phi) is 2.28. The highest BCUT2D eigenvalue weighted by atomic mass is 35.5. The molecule has 2 heterocycles. The molecule has 0 spiro atoms. The van der Waals surface area contributed by atoms with Gasteiger partial charge in [0.2, 0.25) is 11.2 Å². The summed E-state index contributed by atoms with van der Waals surface area (Å²) in [6.45, 7) is 0. The van der Waals surface area contributed by atoms with E-state index in [0.29, 0.717) is 5.88 Å². The standard InChI is InChI=1S/C7H6ClN5O/c1-13-4-10-7(12-13)14-5-2-3-9-6(8)11-5/h2-4H,1H3. The summed E-state index contributed by atoms with van der Waals surface area (Å²) in [6, 6.07) is 1.80. The van der Waals surface area contributed by atoms with E-state index in [1.165, 1.54) is 17.2 Å². The van der Waals surface area contributed by atoms with Crippen molar-refractivity contribution in [2.24, 2.45) is 7.05 Å². The first kappa shape index (κ1) is 8.89. The SMILES string of the molecule is Cn1cnc(Oc2ccnc(Cl)n2)n1. The number of aryl methyl sites for hydroxylation is 1. The van der Waals surface area contributed by atoms with E-state index in [2.05, 4.69) is 20.1 Å². The van der Waals surface area contributed by atoms with E-state index >= 15 is 0 Å². The fraction of sp³-hybridized carbons (Fsp3) is 0.143. The Bertz CT molecular complexity index is 443. The Morgan fingerprint density at radius 1 is 1.43 bits per heavy atom. The van der Waals surface area contributed by atoms with Crippen molar-refractivity contribution in [3.63, 3.8) is 0 Å². The maximum absolute atomic E-state index is 5.57. The van der Waals surface area contributed by atoms with Gasteiger partial charge < -0.3 is 4.74 Å². The molecular weight excluding hydrogens is 206 g/mol. The summed E-state index contributed by atoms with van der Waals surface area (Å²) in [7, 11) is 1.74. The second-order valence-electron chi connectivity index (χ2n) is 2.47. The van der Waals surface area contributed by atoms with Gasteiger partial charge in [-0.3, -0.25) is 4.68 Å². The van der Waals surface area contributed by atoms with E-state index in [1.54, 1.807) is 13.1 Å². The van der Waals surface area contributed by atoms with Gasteiger partial charge in [-0.2, -0.15) is 9.97 Å². The number of hydrogen-bond acceptors (Lipinski definition) is 5. The van der Waals surface area contributed by atoms with Crippen LogP contribution >= 0.6 is 11.6 Å². The third-order valence-electron chi connectivity index (χ3n) is 1.38. The normalized spacial score (nSPS) is 10.1. The van der Waals surface area contributed by atoms with E-state index in [9.17, 15) is 0 Å². The minimum absolute atomic E-state index is 0.124. The first-order valence-corrected chi connectivity index (χ1v) is 4.14. The highest BCUT2D eigenvalue weighted by Gasteiger charge is 2.03. The molecule has 2 aromatic rings. The molecule has 0 aliphatic carbocycles. The molecule has 2 aromatic heterocycles. The summed E-state index contributed by atoms with van der Waals surface area (Å²) in [5, 5.41) is 4.04. The van der Waals surface area contributed by atoms with Gasteiger partial charge in [0, 0.05) is 19.3 Å². The highest BCUT2D eigenvalue weighted by Crippen LogP contribution is 2.14. The van der Waals surface area contributed by atoms with Crippen LogP contribution in [0.2, 0.25) is 5.28 Å². The fourth-order valence-electron chi connectivity index (χ4n) is 0.836. The van der Waals surface area contributed by atoms with Gasteiger partial charge in [0.25, 0.3) is 0 Å². The van der Waals surface area contributed by atoms with Crippen LogP contribution in [0.25, 0.3) is 0 Å². The van der Waals surface area contributed by atoms with E-state index in [0.717, 1.165) is 0 Å². The van der Waals surface area contributed by atoms with Gasteiger partial charge >= 0.3 is 6.01 Å². The monoisotopic (exact) mass is 211 g/mol. The molecule has 0 bridgehead atoms. The number of rotatable bonds is 2. The molecule has 0 N–H and O–H groups in total. The summed E-state index contributed by atoms with van der Waals surface area (Å²) in [5.41, 5.74) is 0. The van der Waals surface area contributed by atoms with Crippen LogP contribution in [0.5, 0.6) is 11.9 Å². The molecule has 0 unspecified atom stereocenters. The maximum atomic E-state index is 5.57. The molecule has 0 aliphatic rings. The number of nitrogens with zero attached hydrogens (tertiary/aromatic N) is 5. The quantitative estimate of drug-likeness (QED) is 0.695. The van der Waals surface area contributed by atoms with Crippen LogP contribution in [0.15, 0.2) is 18.6 Å². The number of hydrogen-bond donors (Lipinski definition) is 0. The largest absolute Gasteiger partial charge is 0.404 e. The Balaban J connectivity index is 2.18. The van der Waals surface area contributed by atoms with Gasteiger partial charge in [-0.15, -0.1) is 5.10 Å². The van der Waals surface area contributed by atoms with Crippen molar-refractivity contribution in [1.82, 2.24) is 24.7 Å². The number of aromatic nitrogens is 5. The Labute approximate surface area is 84.5 Å². The van der Waals surface area contributed by atoms with Gasteiger partial charge in [0.15, 0.2) is 0 Å². The first-order chi connectivity index (χ1) is 6.74. The molecule has 6 nitrogen and oxygen atoms in total. The van der Waals surface area contributed by atoms with Crippen LogP contribution in [0.3, 0.4) is 0 Å². The zero-order chi connectivity index (χ0) is 9.97. The molecule has 2 rings (SSSR count). The smallest absolute Gasteiger partial charge is 0.342 e. The lowest BCUT2D eigenvalue weighted by molar-refractivity contribution is 0.421. The van der Waals surface area contributed by atoms with Crippen molar-refractivity contribution in [3.8, 4) is 11.9 Å². The van der Waals surface area contributed by atoms with Crippen LogP contribution in [0.1, 0.15) is 0 Å². The predicted molar refractivity (Wildman–Crippen MR) is 48.1 cm³/mol. The van der Waals surface area contributed by atoms with Crippen LogP contribution in [-0.4, -0.2) is 24.7 Å². The average molecular weight is 212 g/mol. The molecule has 0 atom stereocenters. The highest BCUT2D eigenvalue weighted by molar-refractivity contribution is 6.28. The Morgan fingerprint density at radius 3 is 2.93 bits per heavy atom. The second kappa shape index (κ2) is 3.59. The van der Waals surface area contributed by atoms with E-state index < -0.39 is 0 Å². The minimum Gasteiger partial charge on any atom is -0.404 e. The lowest BCUT2D eigenvalue weighted by Crippen LogP contribution is -1.92. The summed E-state index contributed by atoms with van der Waals surface area (Å²) in [5.74, 6) is 0.316. The van der Waals surface area contributed by atoms with Crippen molar-refractivity contribution in [2.75, 3.05) is 0 Å². The molecule has 0 radical (unpaired) electrons. The third-order valence-corrected chi connectivity index (χ3v) is 1.56. The summed E-state index contributed by atoms with van der Waals surface area (Å²) >= 11 is 5.57. The molecule has 0 aromatic carbocycles. The van der Waals surface area contributed by atoms with Crippen molar-refractivity contribution < 1.29 is 4.74 Å². The van der Waals surface area contributed by atoms with Gasteiger partial charge in [-0.25, -0.2) is 4.98 Å². The first-order valence-electron chi connectivity index (χ1n) is 3.76. The second-order valence-corrected chi connectivity index (χ2v) is 2.80. The van der Waals surface area contributed by atoms with Crippen LogP contribution in [-0.2, 0) is 7.05 Å². The lowest BCUT2D eigenvalue weighted by atomic mass is 10.6. The number of halogens is 1. The molecule has 0 saturated heterocycles. The van der Waals surface area contributed by atoms with E-state index in [4.69, 9.17) is 16.3 Å². The molecular formula is C7H6ClN5O. The van der Waals surface area contributed by atoms with Gasteiger partial charge in [0.05, 0.1) is 0 Å². The maximum Gasteiger partial charge on any atom is 0.342 e. The average Bonchev–Trinajstić information content (AvgIpc) is 2.51. The summed E-state index contributed by atoms with van der Waals surface area (Å²) < 4.78 is 6.73. The van der Waals surface area contributed by atoms with Crippen molar-refractivity contribution in [2.45, 2.75) is 0 Å². The molecule has 72 valence electrons. The topological polar surface area (TPSA) is 65.7 Å². The zero-order valence-corrected chi connectivity index (χ0v) is 8.01. The predicted octanol–water partition coefficient (Wildman–Crippen LogP) is 1.05. The van der Waals surface area contributed by atoms with E-state index in [-0.39, 0.29) is 11.3 Å². The van der Waals surface area contributed by atoms with Crippen molar-refractivity contribution >= 4 is 11.6 Å². The van der Waals surface area contributed by atoms with Gasteiger partial charge in [-0.05, 0) is 11.6 Å². The Morgan fingerprint density at radius 2 is 2.29 bits per heavy atom. The molecule has 7 heteroatoms. The molecule has 0 aliphatic heterocycles. The van der Waals surface area contributed by atoms with Gasteiger partial charge in [0.1, 0.15) is 6.33 Å². The summed E-state index contributed by atoms with van der Waals surface area (Å²) in [4.78, 5) is 11.4. The van der Waals surface area contributed by atoms with Crippen LogP contribution < -0.4 is 4.74 Å². The number of ether oxygens (including phenoxy) is 1. The van der Waals surface area contributed by atoms with Crippen LogP contribution in [0.4, 0.5) is 0 Å². The fourth-order valence-corrected chi connectivity index (χ4v) is 0.976. The third kappa shape index (κ3) is 1.97. The lowest BCUT2D eigenvalue weighted by Gasteiger charge is -1.97. The van der Waals surface area contributed by atoms with Crippen molar-refractivity contribution in [1.29, 1.82) is 0 Å². The molecule has 0 fully saturated rings. The zero-order valence-electron chi connectivity index (χ0n) is 7.25. The minimum atomic E-state index is 0.124. The van der Waals surface area contributed by atoms with E-state index in [1.807, 2.05) is 0 Å². The molecule has 14 heavy (non-hydrogen) atoms. The Hall–Kier alpha value is -1.69. The van der Waals surface area contributed by atoms with Crippen LogP contribution in [0, 0.1) is 0 Å². The molecule has 0 saturated carbocycles. The van der Waals surface area contributed by atoms with Crippen molar-refractivity contribution in [3.05, 3.63) is 23.9 Å². The summed E-state index contributed by atoms with van der Waals surface area (Å²) in [6.07, 6.45) is 3.02. The van der Waals surface area contributed by atoms with Gasteiger partial charge in [-0.1, -0.05) is 0 Å². The molecule has 0 amide bonds.